The highest BCUT2D eigenvalue weighted by molar-refractivity contribution is 5.90. The van der Waals surface area contributed by atoms with Gasteiger partial charge in [0.05, 0.1) is 5.56 Å². The molecule has 0 amide bonds. The molecule has 1 rings (SSSR count). The second-order valence-electron chi connectivity index (χ2n) is 3.27. The smallest absolute Gasteiger partial charge is 0.335 e. The van der Waals surface area contributed by atoms with Gasteiger partial charge in [0.25, 0.3) is 0 Å². The number of carbonyl (C=O) groups excluding carboxylic acids is 1. The van der Waals surface area contributed by atoms with Crippen LogP contribution in [0.3, 0.4) is 0 Å². The summed E-state index contributed by atoms with van der Waals surface area (Å²) >= 11 is 0. The maximum atomic E-state index is 10.9. The number of carboxylic acids is 1. The summed E-state index contributed by atoms with van der Waals surface area (Å²) in [6.07, 6.45) is 0.299. The standard InChI is InChI=1S/C11H12O3/c1-7(12)6-9-4-3-5-10(8(9)2)11(13)14/h3-5H,6H2,1-2H3,(H,13,14). The molecular weight excluding hydrogens is 180 g/mol. The van der Waals surface area contributed by atoms with E-state index in [-0.39, 0.29) is 11.3 Å². The van der Waals surface area contributed by atoms with Crippen LogP contribution in [0.2, 0.25) is 0 Å². The third-order valence-electron chi connectivity index (χ3n) is 2.12. The lowest BCUT2D eigenvalue weighted by Crippen LogP contribution is -2.05. The van der Waals surface area contributed by atoms with Gasteiger partial charge in [0.1, 0.15) is 5.78 Å². The molecule has 3 heteroatoms. The average Bonchev–Trinajstić information content (AvgIpc) is 2.07. The first-order valence-electron chi connectivity index (χ1n) is 4.33. The second-order valence-corrected chi connectivity index (χ2v) is 3.27. The highest BCUT2D eigenvalue weighted by Gasteiger charge is 2.10. The van der Waals surface area contributed by atoms with Crippen molar-refractivity contribution in [3.05, 3.63) is 34.9 Å². The number of rotatable bonds is 3. The first-order chi connectivity index (χ1) is 6.52. The zero-order valence-electron chi connectivity index (χ0n) is 8.20. The van der Waals surface area contributed by atoms with Crippen LogP contribution >= 0.6 is 0 Å². The molecule has 74 valence electrons. The number of Topliss-reactive ketones (excluding diaryl/α,β-unsaturated/α-hetero) is 1. The number of carbonyl (C=O) groups is 2. The van der Waals surface area contributed by atoms with Gasteiger partial charge in [-0.25, -0.2) is 4.79 Å². The van der Waals surface area contributed by atoms with Gasteiger partial charge in [-0.1, -0.05) is 12.1 Å². The van der Waals surface area contributed by atoms with E-state index in [0.717, 1.165) is 5.56 Å². The van der Waals surface area contributed by atoms with Gasteiger partial charge >= 0.3 is 5.97 Å². The van der Waals surface area contributed by atoms with Crippen LogP contribution in [-0.4, -0.2) is 16.9 Å². The quantitative estimate of drug-likeness (QED) is 0.794. The summed E-state index contributed by atoms with van der Waals surface area (Å²) < 4.78 is 0. The molecule has 0 spiro atoms. The normalized spacial score (nSPS) is 9.86. The van der Waals surface area contributed by atoms with Crippen LogP contribution in [0, 0.1) is 6.92 Å². The summed E-state index contributed by atoms with van der Waals surface area (Å²) in [5, 5.41) is 8.84. The van der Waals surface area contributed by atoms with E-state index in [4.69, 9.17) is 5.11 Å². The molecule has 0 aromatic heterocycles. The van der Waals surface area contributed by atoms with E-state index < -0.39 is 5.97 Å². The van der Waals surface area contributed by atoms with Gasteiger partial charge in [-0.2, -0.15) is 0 Å². The molecule has 0 bridgehead atoms. The van der Waals surface area contributed by atoms with Crippen molar-refractivity contribution >= 4 is 11.8 Å². The molecule has 0 aliphatic heterocycles. The molecule has 0 radical (unpaired) electrons. The van der Waals surface area contributed by atoms with Crippen LogP contribution in [0.4, 0.5) is 0 Å². The molecule has 0 saturated carbocycles. The van der Waals surface area contributed by atoms with Gasteiger partial charge in [-0.05, 0) is 31.0 Å². The van der Waals surface area contributed by atoms with E-state index in [2.05, 4.69) is 0 Å². The molecule has 0 fully saturated rings. The van der Waals surface area contributed by atoms with Gasteiger partial charge in [0, 0.05) is 6.42 Å². The fourth-order valence-corrected chi connectivity index (χ4v) is 1.37. The van der Waals surface area contributed by atoms with Crippen LogP contribution in [-0.2, 0) is 11.2 Å². The maximum Gasteiger partial charge on any atom is 0.335 e. The van der Waals surface area contributed by atoms with Crippen molar-refractivity contribution in [1.82, 2.24) is 0 Å². The van der Waals surface area contributed by atoms with E-state index in [1.165, 1.54) is 6.92 Å². The summed E-state index contributed by atoms with van der Waals surface area (Å²) in [4.78, 5) is 21.7. The zero-order chi connectivity index (χ0) is 10.7. The lowest BCUT2D eigenvalue weighted by Gasteiger charge is -2.06. The van der Waals surface area contributed by atoms with E-state index in [1.54, 1.807) is 25.1 Å². The van der Waals surface area contributed by atoms with E-state index >= 15 is 0 Å². The summed E-state index contributed by atoms with van der Waals surface area (Å²) in [6.45, 7) is 3.22. The van der Waals surface area contributed by atoms with Crippen LogP contribution in [0.1, 0.15) is 28.4 Å². The van der Waals surface area contributed by atoms with Crippen molar-refractivity contribution in [3.8, 4) is 0 Å². The fraction of sp³-hybridized carbons (Fsp3) is 0.273. The molecule has 0 saturated heterocycles. The summed E-state index contributed by atoms with van der Waals surface area (Å²) in [5.74, 6) is -0.913. The Bertz CT molecular complexity index is 380. The Balaban J connectivity index is 3.13. The lowest BCUT2D eigenvalue weighted by molar-refractivity contribution is -0.116. The van der Waals surface area contributed by atoms with E-state index in [1.807, 2.05) is 0 Å². The Morgan fingerprint density at radius 1 is 1.36 bits per heavy atom. The Hall–Kier alpha value is -1.64. The Kier molecular flexibility index (Phi) is 3.02. The number of hydrogen-bond donors (Lipinski definition) is 1. The zero-order valence-corrected chi connectivity index (χ0v) is 8.20. The first kappa shape index (κ1) is 10.4. The molecule has 0 unspecified atom stereocenters. The number of aromatic carboxylic acids is 1. The van der Waals surface area contributed by atoms with Gasteiger partial charge in [0.15, 0.2) is 0 Å². The number of carboxylic acid groups (broad SMARTS) is 1. The van der Waals surface area contributed by atoms with E-state index in [9.17, 15) is 9.59 Å². The first-order valence-corrected chi connectivity index (χ1v) is 4.33. The molecule has 3 nitrogen and oxygen atoms in total. The summed E-state index contributed by atoms with van der Waals surface area (Å²) in [5.41, 5.74) is 1.73. The molecule has 14 heavy (non-hydrogen) atoms. The highest BCUT2D eigenvalue weighted by atomic mass is 16.4. The topological polar surface area (TPSA) is 54.4 Å². The van der Waals surface area contributed by atoms with Gasteiger partial charge in [-0.15, -0.1) is 0 Å². The molecular formula is C11H12O3. The summed E-state index contributed by atoms with van der Waals surface area (Å²) in [6, 6.07) is 4.99. The SMILES string of the molecule is CC(=O)Cc1cccc(C(=O)O)c1C. The Labute approximate surface area is 82.4 Å². The lowest BCUT2D eigenvalue weighted by atomic mass is 9.99. The van der Waals surface area contributed by atoms with Crippen molar-refractivity contribution in [2.24, 2.45) is 0 Å². The minimum atomic E-state index is -0.951. The number of ketones is 1. The van der Waals surface area contributed by atoms with Gasteiger partial charge < -0.3 is 5.11 Å². The molecule has 0 heterocycles. The fourth-order valence-electron chi connectivity index (χ4n) is 1.37. The van der Waals surface area contributed by atoms with Gasteiger partial charge in [0.2, 0.25) is 0 Å². The third kappa shape index (κ3) is 2.19. The largest absolute Gasteiger partial charge is 0.478 e. The number of benzene rings is 1. The van der Waals surface area contributed by atoms with Crippen LogP contribution in [0.15, 0.2) is 18.2 Å². The summed E-state index contributed by atoms with van der Waals surface area (Å²) in [7, 11) is 0. The minimum Gasteiger partial charge on any atom is -0.478 e. The van der Waals surface area contributed by atoms with Crippen molar-refractivity contribution in [1.29, 1.82) is 0 Å². The van der Waals surface area contributed by atoms with Crippen LogP contribution in [0.5, 0.6) is 0 Å². The molecule has 1 N–H and O–H groups in total. The maximum absolute atomic E-state index is 10.9. The Morgan fingerprint density at radius 2 is 2.00 bits per heavy atom. The monoisotopic (exact) mass is 192 g/mol. The van der Waals surface area contributed by atoms with Crippen molar-refractivity contribution < 1.29 is 14.7 Å². The number of hydrogen-bond acceptors (Lipinski definition) is 2. The molecule has 0 atom stereocenters. The predicted octanol–water partition coefficient (Wildman–Crippen LogP) is 1.82. The molecule has 1 aromatic carbocycles. The Morgan fingerprint density at radius 3 is 2.50 bits per heavy atom. The second kappa shape index (κ2) is 4.05. The average molecular weight is 192 g/mol. The highest BCUT2D eigenvalue weighted by Crippen LogP contribution is 2.14. The minimum absolute atomic E-state index is 0.0376. The van der Waals surface area contributed by atoms with Crippen LogP contribution in [0.25, 0.3) is 0 Å². The predicted molar refractivity (Wildman–Crippen MR) is 52.5 cm³/mol. The van der Waals surface area contributed by atoms with Gasteiger partial charge in [-0.3, -0.25) is 4.79 Å². The third-order valence-corrected chi connectivity index (χ3v) is 2.12. The van der Waals surface area contributed by atoms with Crippen molar-refractivity contribution in [3.63, 3.8) is 0 Å². The van der Waals surface area contributed by atoms with Crippen LogP contribution < -0.4 is 0 Å². The molecule has 0 aliphatic rings. The van der Waals surface area contributed by atoms with E-state index in [0.29, 0.717) is 12.0 Å². The molecule has 1 aromatic rings. The van der Waals surface area contributed by atoms with Crippen molar-refractivity contribution in [2.45, 2.75) is 20.3 Å². The molecule has 0 aliphatic carbocycles. The van der Waals surface area contributed by atoms with Crippen molar-refractivity contribution in [2.75, 3.05) is 0 Å².